The van der Waals surface area contributed by atoms with Crippen LogP contribution in [0.15, 0.2) is 83.3 Å². The van der Waals surface area contributed by atoms with E-state index in [0.29, 0.717) is 19.6 Å². The standard InChI is InChI=1S/C34H35NO4S/c1-21(2)26-18-27-32(34(38)35(33(27)37)19-25-12-8-16-40-25)28-20-39-30(31(26)28)15-14-23(22-9-4-3-5-10-22)17-24-11-6-7-13-29(24)36/h3-13,16-17,21,27-28,30,32,36H,14-15,18-20H2,1-2H3/b23-17-/t27-,28+,30-,32-/m1/s1. The van der Waals surface area contributed by atoms with E-state index in [-0.39, 0.29) is 47.3 Å². The number of hydrogen-bond acceptors (Lipinski definition) is 5. The Bertz CT molecular complexity index is 1460. The van der Waals surface area contributed by atoms with Crippen molar-refractivity contribution in [2.45, 2.75) is 45.8 Å². The van der Waals surface area contributed by atoms with E-state index < -0.39 is 0 Å². The minimum Gasteiger partial charge on any atom is -0.507 e. The van der Waals surface area contributed by atoms with E-state index in [1.54, 1.807) is 17.4 Å². The Kier molecular flexibility index (Phi) is 7.47. The number of aromatic hydroxyl groups is 1. The number of phenolic OH excluding ortho intramolecular Hbond substituents is 1. The number of para-hydroxylation sites is 1. The Morgan fingerprint density at radius 1 is 1.02 bits per heavy atom. The molecule has 3 heterocycles. The molecule has 2 fully saturated rings. The molecule has 2 aromatic carbocycles. The summed E-state index contributed by atoms with van der Waals surface area (Å²) in [6.07, 6.45) is 4.14. The molecule has 2 saturated heterocycles. The zero-order chi connectivity index (χ0) is 27.8. The van der Waals surface area contributed by atoms with Crippen LogP contribution in [0, 0.1) is 23.7 Å². The number of fused-ring (bicyclic) bond motifs is 3. The molecule has 0 unspecified atom stereocenters. The van der Waals surface area contributed by atoms with Crippen molar-refractivity contribution in [2.75, 3.05) is 6.61 Å². The number of imide groups is 1. The molecule has 0 radical (unpaired) electrons. The summed E-state index contributed by atoms with van der Waals surface area (Å²) in [5.74, 6) is -0.200. The highest BCUT2D eigenvalue weighted by molar-refractivity contribution is 7.09. The van der Waals surface area contributed by atoms with Crippen LogP contribution in [0.4, 0.5) is 0 Å². The van der Waals surface area contributed by atoms with Crippen LogP contribution in [0.2, 0.25) is 0 Å². The Labute approximate surface area is 239 Å². The Balaban J connectivity index is 1.27. The van der Waals surface area contributed by atoms with Gasteiger partial charge in [0.25, 0.3) is 0 Å². The Morgan fingerprint density at radius 3 is 2.52 bits per heavy atom. The van der Waals surface area contributed by atoms with Gasteiger partial charge in [-0.3, -0.25) is 14.5 Å². The van der Waals surface area contributed by atoms with Crippen LogP contribution in [0.3, 0.4) is 0 Å². The van der Waals surface area contributed by atoms with E-state index in [9.17, 15) is 14.7 Å². The zero-order valence-electron chi connectivity index (χ0n) is 23.0. The number of thiophene rings is 1. The maximum Gasteiger partial charge on any atom is 0.234 e. The molecular formula is C34H35NO4S. The lowest BCUT2D eigenvalue weighted by atomic mass is 9.67. The molecule has 3 aliphatic rings. The zero-order valence-corrected chi connectivity index (χ0v) is 23.8. The number of amides is 2. The SMILES string of the molecule is CC(C)C1=C2[C@@H](CC/C(=C/c3ccccc3O)c3ccccc3)OC[C@@H]2[C@@H]2C(=O)N(Cc3cccs3)C(=O)[C@@H]2C1. The fourth-order valence-corrected chi connectivity index (χ4v) is 7.47. The van der Waals surface area contributed by atoms with Crippen LogP contribution >= 0.6 is 11.3 Å². The normalized spacial score (nSPS) is 24.7. The summed E-state index contributed by atoms with van der Waals surface area (Å²) in [5, 5.41) is 12.4. The highest BCUT2D eigenvalue weighted by Crippen LogP contribution is 2.51. The van der Waals surface area contributed by atoms with Gasteiger partial charge in [0.15, 0.2) is 0 Å². The molecule has 6 heteroatoms. The molecule has 6 rings (SSSR count). The first-order valence-electron chi connectivity index (χ1n) is 14.2. The maximum absolute atomic E-state index is 13.7. The van der Waals surface area contributed by atoms with Crippen LogP contribution in [-0.4, -0.2) is 34.5 Å². The van der Waals surface area contributed by atoms with Crippen LogP contribution in [0.1, 0.15) is 49.1 Å². The average Bonchev–Trinajstić information content (AvgIpc) is 3.68. The number of ether oxygens (including phenoxy) is 1. The molecule has 3 aromatic rings. The molecule has 1 N–H and O–H groups in total. The van der Waals surface area contributed by atoms with Gasteiger partial charge in [-0.25, -0.2) is 0 Å². The van der Waals surface area contributed by atoms with Crippen molar-refractivity contribution >= 4 is 34.8 Å². The van der Waals surface area contributed by atoms with Gasteiger partial charge in [0.2, 0.25) is 11.8 Å². The van der Waals surface area contributed by atoms with E-state index in [2.05, 4.69) is 32.1 Å². The lowest BCUT2D eigenvalue weighted by Crippen LogP contribution is -2.35. The van der Waals surface area contributed by atoms with Crippen molar-refractivity contribution < 1.29 is 19.4 Å². The summed E-state index contributed by atoms with van der Waals surface area (Å²) in [4.78, 5) is 29.7. The second-order valence-corrected chi connectivity index (χ2v) is 12.4. The Hall–Kier alpha value is -3.48. The van der Waals surface area contributed by atoms with Gasteiger partial charge < -0.3 is 9.84 Å². The summed E-state index contributed by atoms with van der Waals surface area (Å²) in [5.41, 5.74) is 5.57. The summed E-state index contributed by atoms with van der Waals surface area (Å²) >= 11 is 1.58. The molecule has 0 bridgehead atoms. The van der Waals surface area contributed by atoms with E-state index >= 15 is 0 Å². The van der Waals surface area contributed by atoms with Gasteiger partial charge in [-0.15, -0.1) is 11.3 Å². The van der Waals surface area contributed by atoms with Crippen molar-refractivity contribution in [1.82, 2.24) is 4.90 Å². The van der Waals surface area contributed by atoms with Gasteiger partial charge in [-0.05, 0) is 65.5 Å². The van der Waals surface area contributed by atoms with Crippen molar-refractivity contribution in [3.8, 4) is 5.75 Å². The second-order valence-electron chi connectivity index (χ2n) is 11.4. The number of hydrogen-bond donors (Lipinski definition) is 1. The average molecular weight is 554 g/mol. The third-order valence-electron chi connectivity index (χ3n) is 8.71. The van der Waals surface area contributed by atoms with Crippen LogP contribution in [0.5, 0.6) is 5.75 Å². The van der Waals surface area contributed by atoms with E-state index in [1.165, 1.54) is 16.0 Å². The fraction of sp³-hybridized carbons (Fsp3) is 0.353. The highest BCUT2D eigenvalue weighted by Gasteiger charge is 2.57. The number of phenols is 1. The van der Waals surface area contributed by atoms with Crippen LogP contribution in [-0.2, 0) is 20.9 Å². The Morgan fingerprint density at radius 2 is 1.80 bits per heavy atom. The van der Waals surface area contributed by atoms with Crippen molar-refractivity contribution in [3.05, 3.63) is 99.3 Å². The largest absolute Gasteiger partial charge is 0.507 e. The lowest BCUT2D eigenvalue weighted by Gasteiger charge is -2.33. The number of rotatable bonds is 8. The quantitative estimate of drug-likeness (QED) is 0.186. The number of nitrogens with zero attached hydrogens (tertiary/aromatic N) is 1. The van der Waals surface area contributed by atoms with Crippen LogP contribution < -0.4 is 0 Å². The van der Waals surface area contributed by atoms with Gasteiger partial charge in [-0.1, -0.05) is 74.0 Å². The van der Waals surface area contributed by atoms with Crippen molar-refractivity contribution in [3.63, 3.8) is 0 Å². The van der Waals surface area contributed by atoms with Gasteiger partial charge in [0.05, 0.1) is 31.1 Å². The summed E-state index contributed by atoms with van der Waals surface area (Å²) in [6, 6.07) is 21.6. The predicted molar refractivity (Wildman–Crippen MR) is 158 cm³/mol. The monoisotopic (exact) mass is 553 g/mol. The fourth-order valence-electron chi connectivity index (χ4n) is 6.77. The number of likely N-dealkylation sites (tertiary alicyclic amines) is 1. The first kappa shape index (κ1) is 26.7. The van der Waals surface area contributed by atoms with E-state index in [0.717, 1.165) is 34.4 Å². The molecule has 1 aliphatic carbocycles. The number of benzene rings is 2. The highest BCUT2D eigenvalue weighted by atomic mass is 32.1. The molecule has 5 nitrogen and oxygen atoms in total. The third-order valence-corrected chi connectivity index (χ3v) is 9.57. The molecular weight excluding hydrogens is 518 g/mol. The van der Waals surface area contributed by atoms with Crippen molar-refractivity contribution in [1.29, 1.82) is 0 Å². The number of carbonyl (C=O) groups is 2. The molecule has 1 aromatic heterocycles. The summed E-state index contributed by atoms with van der Waals surface area (Å²) in [6.45, 7) is 5.22. The van der Waals surface area contributed by atoms with Gasteiger partial charge >= 0.3 is 0 Å². The molecule has 40 heavy (non-hydrogen) atoms. The smallest absolute Gasteiger partial charge is 0.234 e. The van der Waals surface area contributed by atoms with Crippen LogP contribution in [0.25, 0.3) is 11.6 Å². The minimum absolute atomic E-state index is 0.0268. The van der Waals surface area contributed by atoms with Gasteiger partial charge in [0.1, 0.15) is 5.75 Å². The molecule has 2 aliphatic heterocycles. The first-order chi connectivity index (χ1) is 19.4. The maximum atomic E-state index is 13.7. The molecule has 0 spiro atoms. The summed E-state index contributed by atoms with van der Waals surface area (Å²) < 4.78 is 6.46. The van der Waals surface area contributed by atoms with E-state index in [1.807, 2.05) is 53.9 Å². The minimum atomic E-state index is -0.333. The molecule has 206 valence electrons. The molecule has 4 atom stereocenters. The number of allylic oxidation sites excluding steroid dienone is 2. The lowest BCUT2D eigenvalue weighted by molar-refractivity contribution is -0.140. The van der Waals surface area contributed by atoms with Gasteiger partial charge in [0, 0.05) is 16.4 Å². The third kappa shape index (κ3) is 4.95. The summed E-state index contributed by atoms with van der Waals surface area (Å²) in [7, 11) is 0. The second kappa shape index (κ2) is 11.2. The van der Waals surface area contributed by atoms with E-state index in [4.69, 9.17) is 4.74 Å². The predicted octanol–water partition coefficient (Wildman–Crippen LogP) is 6.95. The molecule has 0 saturated carbocycles. The molecule has 2 amide bonds. The topological polar surface area (TPSA) is 66.8 Å². The first-order valence-corrected chi connectivity index (χ1v) is 15.1. The van der Waals surface area contributed by atoms with Gasteiger partial charge in [-0.2, -0.15) is 0 Å². The van der Waals surface area contributed by atoms with Crippen molar-refractivity contribution in [2.24, 2.45) is 23.7 Å². The number of carbonyl (C=O) groups excluding carboxylic acids is 2.